The summed E-state index contributed by atoms with van der Waals surface area (Å²) in [6, 6.07) is 9.67. The maximum absolute atomic E-state index is 13.3. The van der Waals surface area contributed by atoms with Gasteiger partial charge in [0, 0.05) is 17.2 Å². The standard InChI is InChI=1S/C22H15Cl2N3O6/c23-11-1-6-14(15(24)9-11)19(28)25-10-22-8-7-16(33-22)17-18(22)21(30)26(20(17)29)12-2-4-13(5-3-12)27(31)32/h1-9,16-18H,10H2,(H,25,28). The summed E-state index contributed by atoms with van der Waals surface area (Å²) in [6.07, 6.45) is 2.81. The molecule has 3 aliphatic heterocycles. The number of carbonyl (C=O) groups excluding carboxylic acids is 3. The fraction of sp³-hybridized carbons (Fsp3) is 0.227. The molecule has 2 bridgehead atoms. The summed E-state index contributed by atoms with van der Waals surface area (Å²) in [6.45, 7) is -0.0495. The molecule has 0 aliphatic carbocycles. The van der Waals surface area contributed by atoms with E-state index < -0.39 is 46.2 Å². The van der Waals surface area contributed by atoms with Crippen LogP contribution in [-0.4, -0.2) is 40.9 Å². The Hall–Kier alpha value is -3.27. The maximum atomic E-state index is 13.3. The summed E-state index contributed by atoms with van der Waals surface area (Å²) in [7, 11) is 0. The fourth-order valence-electron chi connectivity index (χ4n) is 4.67. The van der Waals surface area contributed by atoms with Crippen molar-refractivity contribution in [3.8, 4) is 0 Å². The van der Waals surface area contributed by atoms with Crippen LogP contribution in [0.3, 0.4) is 0 Å². The minimum atomic E-state index is -1.19. The molecule has 5 rings (SSSR count). The second-order valence-electron chi connectivity index (χ2n) is 7.99. The van der Waals surface area contributed by atoms with Crippen molar-refractivity contribution in [2.45, 2.75) is 11.7 Å². The summed E-state index contributed by atoms with van der Waals surface area (Å²) >= 11 is 12.0. The first-order valence-electron chi connectivity index (χ1n) is 9.94. The van der Waals surface area contributed by atoms with E-state index in [2.05, 4.69) is 5.32 Å². The highest BCUT2D eigenvalue weighted by atomic mass is 35.5. The molecule has 1 N–H and O–H groups in total. The van der Waals surface area contributed by atoms with Crippen LogP contribution in [0.4, 0.5) is 11.4 Å². The number of nitro benzene ring substituents is 1. The number of rotatable bonds is 5. The lowest BCUT2D eigenvalue weighted by Crippen LogP contribution is -2.48. The molecule has 2 aromatic carbocycles. The number of fused-ring (bicyclic) bond motifs is 5. The third-order valence-electron chi connectivity index (χ3n) is 6.17. The molecule has 0 spiro atoms. The molecule has 0 saturated carbocycles. The van der Waals surface area contributed by atoms with Gasteiger partial charge in [0.15, 0.2) is 0 Å². The first kappa shape index (κ1) is 21.6. The van der Waals surface area contributed by atoms with E-state index in [1.54, 1.807) is 12.2 Å². The third-order valence-corrected chi connectivity index (χ3v) is 6.72. The van der Waals surface area contributed by atoms with Crippen LogP contribution in [0.25, 0.3) is 0 Å². The Morgan fingerprint density at radius 3 is 2.55 bits per heavy atom. The van der Waals surface area contributed by atoms with E-state index in [0.717, 1.165) is 4.90 Å². The smallest absolute Gasteiger partial charge is 0.269 e. The normalized spacial score (nSPS) is 27.2. The van der Waals surface area contributed by atoms with E-state index >= 15 is 0 Å². The van der Waals surface area contributed by atoms with Gasteiger partial charge in [0.25, 0.3) is 11.6 Å². The van der Waals surface area contributed by atoms with Crippen molar-refractivity contribution >= 4 is 52.3 Å². The van der Waals surface area contributed by atoms with Crippen LogP contribution in [-0.2, 0) is 14.3 Å². The zero-order chi connectivity index (χ0) is 23.5. The molecule has 2 fully saturated rings. The van der Waals surface area contributed by atoms with Crippen LogP contribution in [0.1, 0.15) is 10.4 Å². The second-order valence-corrected chi connectivity index (χ2v) is 8.84. The number of benzene rings is 2. The van der Waals surface area contributed by atoms with Gasteiger partial charge in [0.05, 0.1) is 45.7 Å². The molecule has 33 heavy (non-hydrogen) atoms. The SMILES string of the molecule is O=C(NCC12C=CC(O1)C1C(=O)N(c3ccc([N+](=O)[O-])cc3)C(=O)C12)c1ccc(Cl)cc1Cl. The van der Waals surface area contributed by atoms with Gasteiger partial charge in [0.1, 0.15) is 5.60 Å². The molecule has 3 aliphatic rings. The first-order valence-corrected chi connectivity index (χ1v) is 10.7. The van der Waals surface area contributed by atoms with Crippen LogP contribution in [0.5, 0.6) is 0 Å². The zero-order valence-electron chi connectivity index (χ0n) is 16.7. The number of nitrogens with zero attached hydrogens (tertiary/aromatic N) is 2. The van der Waals surface area contributed by atoms with Gasteiger partial charge in [-0.05, 0) is 30.3 Å². The summed E-state index contributed by atoms with van der Waals surface area (Å²) in [5.74, 6) is -2.98. The fourth-order valence-corrected chi connectivity index (χ4v) is 5.17. The van der Waals surface area contributed by atoms with Gasteiger partial charge >= 0.3 is 0 Å². The Bertz CT molecular complexity index is 1250. The molecule has 9 nitrogen and oxygen atoms in total. The molecular formula is C22H15Cl2N3O6. The lowest BCUT2D eigenvalue weighted by molar-refractivity contribution is -0.384. The number of nitrogens with one attached hydrogen (secondary N) is 1. The van der Waals surface area contributed by atoms with E-state index in [1.807, 2.05) is 0 Å². The molecule has 2 aromatic rings. The zero-order valence-corrected chi connectivity index (χ0v) is 18.2. The van der Waals surface area contributed by atoms with Crippen LogP contribution in [0.2, 0.25) is 10.0 Å². The van der Waals surface area contributed by atoms with Crippen molar-refractivity contribution in [2.75, 3.05) is 11.4 Å². The monoisotopic (exact) mass is 487 g/mol. The average Bonchev–Trinajstić information content (AvgIpc) is 3.42. The number of ether oxygens (including phenoxy) is 1. The van der Waals surface area contributed by atoms with Gasteiger partial charge in [-0.3, -0.25) is 24.5 Å². The molecule has 4 atom stereocenters. The highest BCUT2D eigenvalue weighted by Crippen LogP contribution is 2.52. The van der Waals surface area contributed by atoms with Crippen LogP contribution in [0.15, 0.2) is 54.6 Å². The van der Waals surface area contributed by atoms with Crippen LogP contribution >= 0.6 is 23.2 Å². The van der Waals surface area contributed by atoms with Crippen molar-refractivity contribution in [3.05, 3.63) is 80.3 Å². The predicted molar refractivity (Wildman–Crippen MR) is 118 cm³/mol. The largest absolute Gasteiger partial charge is 0.360 e. The molecule has 0 radical (unpaired) electrons. The maximum Gasteiger partial charge on any atom is 0.269 e. The minimum Gasteiger partial charge on any atom is -0.360 e. The van der Waals surface area contributed by atoms with E-state index in [4.69, 9.17) is 27.9 Å². The Morgan fingerprint density at radius 2 is 1.88 bits per heavy atom. The van der Waals surface area contributed by atoms with Crippen molar-refractivity contribution < 1.29 is 24.0 Å². The summed E-state index contributed by atoms with van der Waals surface area (Å²) in [4.78, 5) is 50.5. The molecule has 11 heteroatoms. The number of hydrogen-bond acceptors (Lipinski definition) is 6. The Morgan fingerprint density at radius 1 is 1.15 bits per heavy atom. The number of halogens is 2. The van der Waals surface area contributed by atoms with Crippen molar-refractivity contribution in [2.24, 2.45) is 11.8 Å². The molecular weight excluding hydrogens is 473 g/mol. The number of carbonyl (C=O) groups is 3. The molecule has 168 valence electrons. The lowest BCUT2D eigenvalue weighted by atomic mass is 9.77. The number of non-ortho nitro benzene ring substituents is 1. The molecule has 3 amide bonds. The summed E-state index contributed by atoms with van der Waals surface area (Å²) in [5, 5.41) is 14.2. The highest BCUT2D eigenvalue weighted by molar-refractivity contribution is 6.36. The van der Waals surface area contributed by atoms with Gasteiger partial charge in [0.2, 0.25) is 11.8 Å². The van der Waals surface area contributed by atoms with Gasteiger partial charge in [-0.2, -0.15) is 0 Å². The molecule has 3 heterocycles. The van der Waals surface area contributed by atoms with Crippen LogP contribution in [0, 0.1) is 22.0 Å². The number of hydrogen-bond donors (Lipinski definition) is 1. The highest BCUT2D eigenvalue weighted by Gasteiger charge is 2.67. The number of imide groups is 1. The number of amides is 3. The van der Waals surface area contributed by atoms with Gasteiger partial charge in [-0.1, -0.05) is 35.4 Å². The summed E-state index contributed by atoms with van der Waals surface area (Å²) < 4.78 is 6.00. The van der Waals surface area contributed by atoms with E-state index in [1.165, 1.54) is 42.5 Å². The Kier molecular flexibility index (Phi) is 5.00. The van der Waals surface area contributed by atoms with Crippen molar-refractivity contribution in [1.29, 1.82) is 0 Å². The Balaban J connectivity index is 1.39. The van der Waals surface area contributed by atoms with Crippen molar-refractivity contribution in [1.82, 2.24) is 5.32 Å². The minimum absolute atomic E-state index is 0.0495. The Labute approximate surface area is 197 Å². The second kappa shape index (κ2) is 7.65. The van der Waals surface area contributed by atoms with Crippen LogP contribution < -0.4 is 10.2 Å². The van der Waals surface area contributed by atoms with Gasteiger partial charge < -0.3 is 10.1 Å². The van der Waals surface area contributed by atoms with Gasteiger partial charge in [-0.25, -0.2) is 4.90 Å². The van der Waals surface area contributed by atoms with Crippen molar-refractivity contribution in [3.63, 3.8) is 0 Å². The van der Waals surface area contributed by atoms with Gasteiger partial charge in [-0.15, -0.1) is 0 Å². The predicted octanol–water partition coefficient (Wildman–Crippen LogP) is 3.14. The van der Waals surface area contributed by atoms with E-state index in [0.29, 0.717) is 5.02 Å². The third kappa shape index (κ3) is 3.31. The molecule has 0 aromatic heterocycles. The number of anilines is 1. The molecule has 4 unspecified atom stereocenters. The van der Waals surface area contributed by atoms with E-state index in [9.17, 15) is 24.5 Å². The summed E-state index contributed by atoms with van der Waals surface area (Å²) in [5.41, 5.74) is -0.877. The van der Waals surface area contributed by atoms with E-state index in [-0.39, 0.29) is 28.5 Å². The topological polar surface area (TPSA) is 119 Å². The average molecular weight is 488 g/mol. The number of nitro groups is 1. The first-order chi connectivity index (χ1) is 15.7. The molecule has 2 saturated heterocycles. The quantitative estimate of drug-likeness (QED) is 0.299. The lowest BCUT2D eigenvalue weighted by Gasteiger charge is -2.29.